The molecule has 38 heavy (non-hydrogen) atoms. The molecule has 0 amide bonds. The van der Waals surface area contributed by atoms with Crippen LogP contribution in [0.2, 0.25) is 0 Å². The molecule has 0 radical (unpaired) electrons. The summed E-state index contributed by atoms with van der Waals surface area (Å²) in [6, 6.07) is 7.03. The number of carbonyl (C=O) groups excluding carboxylic acids is 1. The Morgan fingerprint density at radius 3 is 2.34 bits per heavy atom. The van der Waals surface area contributed by atoms with Gasteiger partial charge in [0.05, 0.1) is 13.7 Å². The van der Waals surface area contributed by atoms with Crippen LogP contribution >= 0.6 is 0 Å². The van der Waals surface area contributed by atoms with Gasteiger partial charge in [-0.15, -0.1) is 0 Å². The van der Waals surface area contributed by atoms with Crippen molar-refractivity contribution in [2.45, 2.75) is 97.9 Å². The quantitative estimate of drug-likeness (QED) is 0.370. The number of carbonyl (C=O) groups is 1. The minimum Gasteiger partial charge on any atom is -0.497 e. The average Bonchev–Trinajstić information content (AvgIpc) is 3.22. The van der Waals surface area contributed by atoms with E-state index in [4.69, 9.17) is 9.47 Å². The first-order valence-electron chi connectivity index (χ1n) is 14.4. The summed E-state index contributed by atoms with van der Waals surface area (Å²) < 4.78 is 54.7. The smallest absolute Gasteiger partial charge is 0.415 e. The van der Waals surface area contributed by atoms with E-state index in [-0.39, 0.29) is 29.1 Å². The lowest BCUT2D eigenvalue weighted by Gasteiger charge is -2.59. The number of methoxy groups -OCH3 is 1. The van der Waals surface area contributed by atoms with Gasteiger partial charge in [-0.3, -0.25) is 4.79 Å². The first kappa shape index (κ1) is 27.7. The van der Waals surface area contributed by atoms with E-state index in [1.165, 1.54) is 5.57 Å². The number of halogens is 3. The Bertz CT molecular complexity index is 1070. The molecular formula is C32H43F3O3. The Morgan fingerprint density at radius 1 is 0.974 bits per heavy atom. The van der Waals surface area contributed by atoms with Crippen molar-refractivity contribution >= 4 is 5.78 Å². The van der Waals surface area contributed by atoms with E-state index in [0.29, 0.717) is 35.5 Å². The van der Waals surface area contributed by atoms with E-state index in [9.17, 15) is 18.0 Å². The van der Waals surface area contributed by atoms with Crippen LogP contribution in [-0.4, -0.2) is 25.2 Å². The summed E-state index contributed by atoms with van der Waals surface area (Å²) in [5.74, 6) is 2.33. The Hall–Kier alpha value is -1.82. The second-order valence-corrected chi connectivity index (χ2v) is 13.5. The zero-order valence-electron chi connectivity index (χ0n) is 23.5. The highest BCUT2D eigenvalue weighted by molar-refractivity contribution is 5.91. The fraction of sp³-hybridized carbons (Fsp3) is 0.719. The van der Waals surface area contributed by atoms with E-state index in [2.05, 4.69) is 13.8 Å². The molecule has 0 saturated heterocycles. The average molecular weight is 533 g/mol. The van der Waals surface area contributed by atoms with Crippen molar-refractivity contribution in [3.05, 3.63) is 41.5 Å². The van der Waals surface area contributed by atoms with Crippen molar-refractivity contribution in [3.63, 3.8) is 0 Å². The Labute approximate surface area is 225 Å². The van der Waals surface area contributed by atoms with Gasteiger partial charge in [-0.25, -0.2) is 0 Å². The maximum absolute atomic E-state index is 14.6. The van der Waals surface area contributed by atoms with E-state index in [0.717, 1.165) is 44.9 Å². The first-order chi connectivity index (χ1) is 17.8. The van der Waals surface area contributed by atoms with E-state index in [1.54, 1.807) is 45.2 Å². The van der Waals surface area contributed by atoms with Gasteiger partial charge in [0.2, 0.25) is 0 Å². The van der Waals surface area contributed by atoms with Gasteiger partial charge in [-0.05, 0) is 103 Å². The fourth-order valence-corrected chi connectivity index (χ4v) is 9.60. The molecule has 0 N–H and O–H groups in total. The molecule has 1 aromatic carbocycles. The van der Waals surface area contributed by atoms with Crippen molar-refractivity contribution in [1.82, 2.24) is 0 Å². The van der Waals surface area contributed by atoms with Gasteiger partial charge < -0.3 is 9.47 Å². The predicted octanol–water partition coefficient (Wildman–Crippen LogP) is 8.32. The molecular weight excluding hydrogens is 489 g/mol. The van der Waals surface area contributed by atoms with Crippen molar-refractivity contribution in [3.8, 4) is 5.75 Å². The summed E-state index contributed by atoms with van der Waals surface area (Å²) in [5.41, 5.74) is 0.915. The van der Waals surface area contributed by atoms with Gasteiger partial charge in [0.1, 0.15) is 5.75 Å². The molecule has 7 atom stereocenters. The van der Waals surface area contributed by atoms with Crippen molar-refractivity contribution < 1.29 is 27.4 Å². The summed E-state index contributed by atoms with van der Waals surface area (Å²) in [4.78, 5) is 12.1. The van der Waals surface area contributed by atoms with E-state index in [1.807, 2.05) is 6.08 Å². The molecule has 4 aliphatic rings. The highest BCUT2D eigenvalue weighted by Gasteiger charge is 2.64. The number of benzene rings is 1. The zero-order chi connectivity index (χ0) is 27.5. The van der Waals surface area contributed by atoms with Crippen molar-refractivity contribution in [2.75, 3.05) is 7.11 Å². The third kappa shape index (κ3) is 4.53. The minimum absolute atomic E-state index is 0.0684. The molecule has 0 heterocycles. The maximum Gasteiger partial charge on any atom is 0.415 e. The largest absolute Gasteiger partial charge is 0.497 e. The SMILES string of the molecule is COc1ccc(COC(C(F)(F)F)C(C)(C)[C@H]2CC[C@H]3[C@@H]4CCC5=CC(=O)CC[C@]5(C)[C@H]4CC[C@]23C)cc1. The fourth-order valence-electron chi connectivity index (χ4n) is 9.60. The topological polar surface area (TPSA) is 35.5 Å². The highest BCUT2D eigenvalue weighted by atomic mass is 19.4. The first-order valence-corrected chi connectivity index (χ1v) is 14.4. The number of hydrogen-bond donors (Lipinski definition) is 0. The third-order valence-corrected chi connectivity index (χ3v) is 11.4. The molecule has 5 rings (SSSR count). The molecule has 6 heteroatoms. The summed E-state index contributed by atoms with van der Waals surface area (Å²) >= 11 is 0. The molecule has 0 aliphatic heterocycles. The van der Waals surface area contributed by atoms with Gasteiger partial charge in [-0.2, -0.15) is 13.2 Å². The van der Waals surface area contributed by atoms with Crippen LogP contribution in [0.4, 0.5) is 13.2 Å². The normalized spacial score (nSPS) is 36.1. The molecule has 3 saturated carbocycles. The lowest BCUT2D eigenvalue weighted by molar-refractivity contribution is -0.268. The van der Waals surface area contributed by atoms with Crippen LogP contribution in [0.15, 0.2) is 35.9 Å². The van der Waals surface area contributed by atoms with Gasteiger partial charge in [0, 0.05) is 11.8 Å². The molecule has 0 aromatic heterocycles. The van der Waals surface area contributed by atoms with E-state index < -0.39 is 17.7 Å². The lowest BCUT2D eigenvalue weighted by Crippen LogP contribution is -2.55. The molecule has 1 unspecified atom stereocenters. The summed E-state index contributed by atoms with van der Waals surface area (Å²) in [7, 11) is 1.57. The standard InChI is InChI=1S/C32H43F3O3/c1-29(2,28(32(33,34)35)38-19-20-6-9-23(37-5)10-7-20)27-13-12-25-24-11-8-21-18-22(36)14-16-30(21,3)26(24)15-17-31(25,27)4/h6-7,9-10,18,24-28H,8,11-17,19H2,1-5H3/t24-,25-,26-,27+,28?,30-,31-/m0/s1. The number of hydrogen-bond acceptors (Lipinski definition) is 3. The number of alkyl halides is 3. The van der Waals surface area contributed by atoms with E-state index >= 15 is 0 Å². The molecule has 0 spiro atoms. The zero-order valence-corrected chi connectivity index (χ0v) is 23.5. The Kier molecular flexibility index (Phi) is 7.06. The van der Waals surface area contributed by atoms with Crippen LogP contribution < -0.4 is 4.74 Å². The minimum atomic E-state index is -4.45. The maximum atomic E-state index is 14.6. The van der Waals surface area contributed by atoms with Crippen LogP contribution in [0.1, 0.15) is 84.6 Å². The number of ketones is 1. The number of allylic oxidation sites excluding steroid dienone is 1. The number of rotatable bonds is 6. The summed E-state index contributed by atoms with van der Waals surface area (Å²) in [6.07, 6.45) is 2.99. The molecule has 0 bridgehead atoms. The molecule has 210 valence electrons. The van der Waals surface area contributed by atoms with Crippen molar-refractivity contribution in [1.29, 1.82) is 0 Å². The predicted molar refractivity (Wildman–Crippen MR) is 142 cm³/mol. The second-order valence-electron chi connectivity index (χ2n) is 13.5. The van der Waals surface area contributed by atoms with Crippen LogP contribution in [0.5, 0.6) is 5.75 Å². The molecule has 4 aliphatic carbocycles. The number of fused-ring (bicyclic) bond motifs is 5. The van der Waals surface area contributed by atoms with Gasteiger partial charge in [0.25, 0.3) is 0 Å². The van der Waals surface area contributed by atoms with Crippen molar-refractivity contribution in [2.24, 2.45) is 39.9 Å². The van der Waals surface area contributed by atoms with Gasteiger partial charge >= 0.3 is 6.18 Å². The summed E-state index contributed by atoms with van der Waals surface area (Å²) in [5, 5.41) is 0. The van der Waals surface area contributed by atoms with Crippen LogP contribution in [0.3, 0.4) is 0 Å². The Balaban J connectivity index is 1.37. The monoisotopic (exact) mass is 532 g/mol. The van der Waals surface area contributed by atoms with Crippen LogP contribution in [0.25, 0.3) is 0 Å². The number of ether oxygens (including phenoxy) is 2. The molecule has 3 nitrogen and oxygen atoms in total. The van der Waals surface area contributed by atoms with Crippen LogP contribution in [-0.2, 0) is 16.1 Å². The van der Waals surface area contributed by atoms with Gasteiger partial charge in [0.15, 0.2) is 11.9 Å². The molecule has 1 aromatic rings. The van der Waals surface area contributed by atoms with Crippen LogP contribution in [0, 0.1) is 39.9 Å². The van der Waals surface area contributed by atoms with Gasteiger partial charge in [-0.1, -0.05) is 45.4 Å². The lowest BCUT2D eigenvalue weighted by atomic mass is 9.45. The summed E-state index contributed by atoms with van der Waals surface area (Å²) in [6.45, 7) is 8.14. The second kappa shape index (κ2) is 9.67. The Morgan fingerprint density at radius 2 is 1.68 bits per heavy atom. The highest BCUT2D eigenvalue weighted by Crippen LogP contribution is 2.69. The third-order valence-electron chi connectivity index (χ3n) is 11.4. The molecule has 3 fully saturated rings.